The van der Waals surface area contributed by atoms with Gasteiger partial charge in [0.15, 0.2) is 11.5 Å². The number of nitrogens with zero attached hydrogens (tertiary/aromatic N) is 1. The number of hydrogen-bond acceptors (Lipinski definition) is 5. The standard InChI is InChI=1S/C14H21FN2O3.ClH/c1-19-12-7-10(8-13(20-2)14(12)18)11(9-15)17-5-3-16-4-6-17;/h7-8,11,16,18H,3-6,9H2,1-2H3;1H/t11-;/m0./s1. The second-order valence-electron chi connectivity index (χ2n) is 4.73. The lowest BCUT2D eigenvalue weighted by Gasteiger charge is -2.34. The van der Waals surface area contributed by atoms with Gasteiger partial charge in [0, 0.05) is 26.2 Å². The van der Waals surface area contributed by atoms with E-state index in [4.69, 9.17) is 9.47 Å². The Morgan fingerprint density at radius 1 is 1.24 bits per heavy atom. The first-order valence-electron chi connectivity index (χ1n) is 6.66. The van der Waals surface area contributed by atoms with Crippen LogP contribution < -0.4 is 14.8 Å². The van der Waals surface area contributed by atoms with Gasteiger partial charge in [-0.1, -0.05) is 0 Å². The van der Waals surface area contributed by atoms with Gasteiger partial charge in [-0.2, -0.15) is 0 Å². The molecule has 0 aliphatic carbocycles. The largest absolute Gasteiger partial charge is 0.502 e. The minimum Gasteiger partial charge on any atom is -0.502 e. The van der Waals surface area contributed by atoms with E-state index in [1.165, 1.54) is 14.2 Å². The van der Waals surface area contributed by atoms with Crippen LogP contribution in [-0.2, 0) is 0 Å². The molecule has 2 N–H and O–H groups in total. The van der Waals surface area contributed by atoms with Crippen LogP contribution in [0.1, 0.15) is 11.6 Å². The van der Waals surface area contributed by atoms with Crippen molar-refractivity contribution in [1.29, 1.82) is 0 Å². The van der Waals surface area contributed by atoms with Gasteiger partial charge < -0.3 is 19.9 Å². The predicted octanol–water partition coefficient (Wildman–Crippen LogP) is 1.75. The summed E-state index contributed by atoms with van der Waals surface area (Å²) < 4.78 is 23.7. The van der Waals surface area contributed by atoms with E-state index in [1.54, 1.807) is 12.1 Å². The normalized spacial score (nSPS) is 16.9. The molecule has 7 heteroatoms. The number of piperazine rings is 1. The topological polar surface area (TPSA) is 54.0 Å². The number of benzene rings is 1. The van der Waals surface area contributed by atoms with Gasteiger partial charge in [0.25, 0.3) is 0 Å². The van der Waals surface area contributed by atoms with Gasteiger partial charge in [-0.15, -0.1) is 12.4 Å². The molecule has 1 fully saturated rings. The van der Waals surface area contributed by atoms with Crippen LogP contribution in [-0.4, -0.2) is 57.1 Å². The fraction of sp³-hybridized carbons (Fsp3) is 0.571. The molecule has 120 valence electrons. The molecule has 1 aliphatic heterocycles. The maximum atomic E-state index is 13.5. The van der Waals surface area contributed by atoms with Crippen molar-refractivity contribution >= 4 is 12.4 Å². The molecule has 1 heterocycles. The smallest absolute Gasteiger partial charge is 0.200 e. The highest BCUT2D eigenvalue weighted by Gasteiger charge is 2.24. The second-order valence-corrected chi connectivity index (χ2v) is 4.73. The third-order valence-corrected chi connectivity index (χ3v) is 3.63. The first-order valence-corrected chi connectivity index (χ1v) is 6.66. The summed E-state index contributed by atoms with van der Waals surface area (Å²) in [4.78, 5) is 2.09. The highest BCUT2D eigenvalue weighted by molar-refractivity contribution is 5.85. The number of rotatable bonds is 5. The third-order valence-electron chi connectivity index (χ3n) is 3.63. The minimum absolute atomic E-state index is 0. The highest BCUT2D eigenvalue weighted by atomic mass is 35.5. The van der Waals surface area contributed by atoms with E-state index in [9.17, 15) is 9.50 Å². The van der Waals surface area contributed by atoms with Crippen molar-refractivity contribution in [1.82, 2.24) is 10.2 Å². The van der Waals surface area contributed by atoms with Crippen LogP contribution in [0.3, 0.4) is 0 Å². The average Bonchev–Trinajstić information content (AvgIpc) is 2.50. The molecule has 1 atom stereocenters. The summed E-state index contributed by atoms with van der Waals surface area (Å²) in [6, 6.07) is 2.99. The van der Waals surface area contributed by atoms with Crippen molar-refractivity contribution < 1.29 is 19.0 Å². The summed E-state index contributed by atoms with van der Waals surface area (Å²) in [6.07, 6.45) is 0. The van der Waals surface area contributed by atoms with E-state index < -0.39 is 6.67 Å². The molecule has 0 aromatic heterocycles. The van der Waals surface area contributed by atoms with Crippen LogP contribution in [0, 0.1) is 0 Å². The lowest BCUT2D eigenvalue weighted by atomic mass is 10.0. The first kappa shape index (κ1) is 17.8. The van der Waals surface area contributed by atoms with Gasteiger partial charge in [-0.05, 0) is 17.7 Å². The molecule has 1 aliphatic rings. The molecule has 0 unspecified atom stereocenters. The van der Waals surface area contributed by atoms with Gasteiger partial charge in [0.1, 0.15) is 6.67 Å². The Morgan fingerprint density at radius 2 is 1.76 bits per heavy atom. The number of ether oxygens (including phenoxy) is 2. The van der Waals surface area contributed by atoms with Crippen LogP contribution in [0.5, 0.6) is 17.2 Å². The summed E-state index contributed by atoms with van der Waals surface area (Å²) >= 11 is 0. The maximum absolute atomic E-state index is 13.5. The van der Waals surface area contributed by atoms with Crippen molar-refractivity contribution in [2.24, 2.45) is 0 Å². The van der Waals surface area contributed by atoms with Crippen molar-refractivity contribution in [3.63, 3.8) is 0 Å². The number of aromatic hydroxyl groups is 1. The molecule has 0 spiro atoms. The monoisotopic (exact) mass is 320 g/mol. The zero-order chi connectivity index (χ0) is 14.5. The number of nitrogens with one attached hydrogen (secondary N) is 1. The summed E-state index contributed by atoms with van der Waals surface area (Å²) in [5.41, 5.74) is 0.751. The SMILES string of the molecule is COc1cc([C@H](CF)N2CCNCC2)cc(OC)c1O.Cl. The molecule has 2 rings (SSSR count). The molecular formula is C14H22ClFN2O3. The Kier molecular flexibility index (Phi) is 7.01. The van der Waals surface area contributed by atoms with Crippen LogP contribution in [0.25, 0.3) is 0 Å². The van der Waals surface area contributed by atoms with Crippen molar-refractivity contribution in [3.05, 3.63) is 17.7 Å². The van der Waals surface area contributed by atoms with Gasteiger partial charge in [-0.25, -0.2) is 4.39 Å². The van der Waals surface area contributed by atoms with E-state index in [0.717, 1.165) is 31.7 Å². The average molecular weight is 321 g/mol. The van der Waals surface area contributed by atoms with Crippen molar-refractivity contribution in [2.45, 2.75) is 6.04 Å². The molecule has 0 bridgehead atoms. The minimum atomic E-state index is -0.489. The molecular weight excluding hydrogens is 299 g/mol. The van der Waals surface area contributed by atoms with E-state index in [-0.39, 0.29) is 24.2 Å². The fourth-order valence-electron chi connectivity index (χ4n) is 2.50. The number of hydrogen-bond donors (Lipinski definition) is 2. The van der Waals surface area contributed by atoms with Crippen LogP contribution >= 0.6 is 12.4 Å². The molecule has 1 saturated heterocycles. The van der Waals surface area contributed by atoms with Gasteiger partial charge in [0.05, 0.1) is 20.3 Å². The van der Waals surface area contributed by atoms with Crippen molar-refractivity contribution in [2.75, 3.05) is 47.1 Å². The molecule has 0 saturated carbocycles. The number of alkyl halides is 1. The van der Waals surface area contributed by atoms with Gasteiger partial charge in [-0.3, -0.25) is 4.90 Å². The third kappa shape index (κ3) is 3.90. The number of methoxy groups -OCH3 is 2. The van der Waals surface area contributed by atoms with E-state index in [1.807, 2.05) is 0 Å². The molecule has 0 amide bonds. The summed E-state index contributed by atoms with van der Waals surface area (Å²) in [6.45, 7) is 2.79. The predicted molar refractivity (Wildman–Crippen MR) is 81.6 cm³/mol. The fourth-order valence-corrected chi connectivity index (χ4v) is 2.50. The van der Waals surface area contributed by atoms with E-state index in [0.29, 0.717) is 11.5 Å². The Bertz CT molecular complexity index is 431. The highest BCUT2D eigenvalue weighted by Crippen LogP contribution is 2.39. The summed E-state index contributed by atoms with van der Waals surface area (Å²) in [5.74, 6) is 0.539. The zero-order valence-electron chi connectivity index (χ0n) is 12.3. The quantitative estimate of drug-likeness (QED) is 0.865. The number of halogens is 2. The summed E-state index contributed by atoms with van der Waals surface area (Å²) in [7, 11) is 2.93. The number of phenols is 1. The summed E-state index contributed by atoms with van der Waals surface area (Å²) in [5, 5.41) is 13.2. The maximum Gasteiger partial charge on any atom is 0.200 e. The molecule has 0 radical (unpaired) electrons. The Hall–Kier alpha value is -1.24. The van der Waals surface area contributed by atoms with Crippen molar-refractivity contribution in [3.8, 4) is 17.2 Å². The number of phenolic OH excluding ortho intramolecular Hbond substituents is 1. The van der Waals surface area contributed by atoms with Crippen LogP contribution in [0.4, 0.5) is 4.39 Å². The van der Waals surface area contributed by atoms with Crippen LogP contribution in [0.15, 0.2) is 12.1 Å². The molecule has 21 heavy (non-hydrogen) atoms. The van der Waals surface area contributed by atoms with Crippen LogP contribution in [0.2, 0.25) is 0 Å². The molecule has 1 aromatic rings. The van der Waals surface area contributed by atoms with Gasteiger partial charge >= 0.3 is 0 Å². The Labute approximate surface area is 130 Å². The molecule has 1 aromatic carbocycles. The second kappa shape index (κ2) is 8.26. The Balaban J connectivity index is 0.00000220. The first-order chi connectivity index (χ1) is 9.71. The molecule has 5 nitrogen and oxygen atoms in total. The lowest BCUT2D eigenvalue weighted by Crippen LogP contribution is -2.45. The van der Waals surface area contributed by atoms with E-state index in [2.05, 4.69) is 10.2 Å². The van der Waals surface area contributed by atoms with E-state index >= 15 is 0 Å². The zero-order valence-corrected chi connectivity index (χ0v) is 13.1. The van der Waals surface area contributed by atoms with Gasteiger partial charge in [0.2, 0.25) is 5.75 Å². The lowest BCUT2D eigenvalue weighted by molar-refractivity contribution is 0.147. The Morgan fingerprint density at radius 3 is 2.19 bits per heavy atom.